The quantitative estimate of drug-likeness (QED) is 0.657. The van der Waals surface area contributed by atoms with Crippen molar-refractivity contribution in [2.45, 2.75) is 19.4 Å². The second-order valence-electron chi connectivity index (χ2n) is 6.30. The van der Waals surface area contributed by atoms with E-state index in [0.29, 0.717) is 5.69 Å². The maximum absolute atomic E-state index is 12.6. The molecule has 3 aromatic rings. The Morgan fingerprint density at radius 3 is 2.93 bits per heavy atom. The molecule has 1 aliphatic heterocycles. The van der Waals surface area contributed by atoms with E-state index in [1.807, 2.05) is 31.2 Å². The molecule has 4 rings (SSSR count). The Balaban J connectivity index is 1.44. The molecule has 0 saturated carbocycles. The summed E-state index contributed by atoms with van der Waals surface area (Å²) < 4.78 is 6.71. The van der Waals surface area contributed by atoms with Crippen LogP contribution < -0.4 is 4.90 Å². The highest BCUT2D eigenvalue weighted by molar-refractivity contribution is 5.99. The van der Waals surface area contributed by atoms with Gasteiger partial charge in [0.1, 0.15) is 0 Å². The molecule has 1 unspecified atom stereocenters. The smallest absolute Gasteiger partial charge is 0.340 e. The van der Waals surface area contributed by atoms with E-state index in [1.54, 1.807) is 23.4 Å². The largest absolute Gasteiger partial charge is 0.452 e. The first-order valence-corrected chi connectivity index (χ1v) is 8.52. The summed E-state index contributed by atoms with van der Waals surface area (Å²) in [6.45, 7) is 1.65. The summed E-state index contributed by atoms with van der Waals surface area (Å²) in [7, 11) is 0. The van der Waals surface area contributed by atoms with Crippen LogP contribution in [0.2, 0.25) is 0 Å². The number of fused-ring (bicyclic) bond motifs is 1. The van der Waals surface area contributed by atoms with Crippen molar-refractivity contribution in [1.29, 1.82) is 0 Å². The predicted molar refractivity (Wildman–Crippen MR) is 96.5 cm³/mol. The van der Waals surface area contributed by atoms with Crippen molar-refractivity contribution in [2.24, 2.45) is 0 Å². The van der Waals surface area contributed by atoms with E-state index < -0.39 is 5.97 Å². The predicted octanol–water partition coefficient (Wildman–Crippen LogP) is 1.80. The van der Waals surface area contributed by atoms with Crippen LogP contribution in [-0.2, 0) is 16.0 Å². The molecule has 8 heteroatoms. The molecule has 0 bridgehead atoms. The van der Waals surface area contributed by atoms with Crippen molar-refractivity contribution >= 4 is 17.6 Å². The first-order chi connectivity index (χ1) is 13.1. The van der Waals surface area contributed by atoms with Gasteiger partial charge in [-0.05, 0) is 31.0 Å². The van der Waals surface area contributed by atoms with Crippen LogP contribution in [0.1, 0.15) is 22.8 Å². The molecule has 1 amide bonds. The lowest BCUT2D eigenvalue weighted by Crippen LogP contribution is -2.38. The number of benzene rings is 1. The van der Waals surface area contributed by atoms with Gasteiger partial charge in [0.25, 0.3) is 5.91 Å². The standard InChI is InChI=1S/C19H17N5O3/c1-13-8-14-4-2-3-5-17(14)24(13)18(25)12-27-19(26)15-9-16(11-20-10-15)23-7-6-21-22-23/h2-7,9-11,13H,8,12H2,1H3. The first kappa shape index (κ1) is 16.9. The summed E-state index contributed by atoms with van der Waals surface area (Å²) in [6, 6.07) is 9.38. The zero-order chi connectivity index (χ0) is 18.8. The van der Waals surface area contributed by atoms with E-state index in [-0.39, 0.29) is 24.1 Å². The summed E-state index contributed by atoms with van der Waals surface area (Å²) in [5.41, 5.74) is 2.82. The van der Waals surface area contributed by atoms with E-state index in [9.17, 15) is 9.59 Å². The molecule has 3 heterocycles. The minimum Gasteiger partial charge on any atom is -0.452 e. The molecule has 8 nitrogen and oxygen atoms in total. The number of esters is 1. The Bertz CT molecular complexity index is 987. The number of hydrogen-bond acceptors (Lipinski definition) is 6. The zero-order valence-corrected chi connectivity index (χ0v) is 14.6. The summed E-state index contributed by atoms with van der Waals surface area (Å²) in [5, 5.41) is 7.58. The van der Waals surface area contributed by atoms with E-state index in [1.165, 1.54) is 17.1 Å². The average Bonchev–Trinajstić information content (AvgIpc) is 3.33. The number of ether oxygens (including phenoxy) is 1. The molecule has 0 radical (unpaired) electrons. The molecule has 1 atom stereocenters. The van der Waals surface area contributed by atoms with Crippen molar-refractivity contribution in [3.63, 3.8) is 0 Å². The van der Waals surface area contributed by atoms with E-state index in [0.717, 1.165) is 17.7 Å². The van der Waals surface area contributed by atoms with Crippen molar-refractivity contribution in [1.82, 2.24) is 20.0 Å². The molecule has 2 aromatic heterocycles. The van der Waals surface area contributed by atoms with Crippen LogP contribution in [0, 0.1) is 0 Å². The number of amides is 1. The number of para-hydroxylation sites is 1. The lowest BCUT2D eigenvalue weighted by Gasteiger charge is -2.22. The zero-order valence-electron chi connectivity index (χ0n) is 14.6. The molecule has 0 spiro atoms. The molecule has 1 aromatic carbocycles. The number of anilines is 1. The number of carbonyl (C=O) groups excluding carboxylic acids is 2. The second-order valence-corrected chi connectivity index (χ2v) is 6.30. The molecular formula is C19H17N5O3. The number of aromatic nitrogens is 4. The van der Waals surface area contributed by atoms with Crippen LogP contribution in [-0.4, -0.2) is 44.5 Å². The van der Waals surface area contributed by atoms with Crippen LogP contribution >= 0.6 is 0 Å². The third-order valence-electron chi connectivity index (χ3n) is 4.45. The Kier molecular flexibility index (Phi) is 4.37. The van der Waals surface area contributed by atoms with Crippen molar-refractivity contribution in [2.75, 3.05) is 11.5 Å². The van der Waals surface area contributed by atoms with Crippen molar-refractivity contribution in [3.05, 3.63) is 66.2 Å². The maximum Gasteiger partial charge on any atom is 0.340 e. The van der Waals surface area contributed by atoms with Crippen LogP contribution in [0.25, 0.3) is 5.69 Å². The Morgan fingerprint density at radius 2 is 2.11 bits per heavy atom. The molecule has 1 aliphatic rings. The van der Waals surface area contributed by atoms with Crippen molar-refractivity contribution in [3.8, 4) is 5.69 Å². The minimum atomic E-state index is -0.613. The summed E-state index contributed by atoms with van der Waals surface area (Å²) >= 11 is 0. The molecule has 0 N–H and O–H groups in total. The van der Waals surface area contributed by atoms with Gasteiger partial charge in [-0.15, -0.1) is 5.10 Å². The first-order valence-electron chi connectivity index (χ1n) is 8.52. The molecule has 27 heavy (non-hydrogen) atoms. The van der Waals surface area contributed by atoms with Gasteiger partial charge in [-0.1, -0.05) is 23.4 Å². The van der Waals surface area contributed by atoms with E-state index in [2.05, 4.69) is 15.3 Å². The topological polar surface area (TPSA) is 90.2 Å². The fourth-order valence-corrected chi connectivity index (χ4v) is 3.24. The van der Waals surface area contributed by atoms with Gasteiger partial charge < -0.3 is 9.64 Å². The minimum absolute atomic E-state index is 0.0333. The number of rotatable bonds is 4. The lowest BCUT2D eigenvalue weighted by molar-refractivity contribution is -0.122. The molecule has 0 aliphatic carbocycles. The highest BCUT2D eigenvalue weighted by Gasteiger charge is 2.31. The number of hydrogen-bond donors (Lipinski definition) is 0. The van der Waals surface area contributed by atoms with Gasteiger partial charge in [0.2, 0.25) is 0 Å². The van der Waals surface area contributed by atoms with Crippen molar-refractivity contribution < 1.29 is 14.3 Å². The van der Waals surface area contributed by atoms with Gasteiger partial charge in [0.05, 0.1) is 29.8 Å². The normalized spacial score (nSPS) is 15.4. The Labute approximate surface area is 155 Å². The average molecular weight is 363 g/mol. The fourth-order valence-electron chi connectivity index (χ4n) is 3.24. The highest BCUT2D eigenvalue weighted by atomic mass is 16.5. The number of pyridine rings is 1. The van der Waals surface area contributed by atoms with Crippen LogP contribution in [0.3, 0.4) is 0 Å². The number of carbonyl (C=O) groups is 2. The molecule has 136 valence electrons. The van der Waals surface area contributed by atoms with Crippen LogP contribution in [0.15, 0.2) is 55.1 Å². The third kappa shape index (κ3) is 3.29. The molecule has 0 fully saturated rings. The van der Waals surface area contributed by atoms with E-state index in [4.69, 9.17) is 4.74 Å². The monoisotopic (exact) mass is 363 g/mol. The molecule has 0 saturated heterocycles. The van der Waals surface area contributed by atoms with Crippen LogP contribution in [0.5, 0.6) is 0 Å². The van der Waals surface area contributed by atoms with E-state index >= 15 is 0 Å². The summed E-state index contributed by atoms with van der Waals surface area (Å²) in [6.07, 6.45) is 6.90. The van der Waals surface area contributed by atoms with Gasteiger partial charge in [-0.3, -0.25) is 9.78 Å². The van der Waals surface area contributed by atoms with Gasteiger partial charge in [-0.25, -0.2) is 9.48 Å². The number of nitrogens with zero attached hydrogens (tertiary/aromatic N) is 5. The van der Waals surface area contributed by atoms with Gasteiger partial charge in [0.15, 0.2) is 6.61 Å². The van der Waals surface area contributed by atoms with Gasteiger partial charge in [-0.2, -0.15) is 0 Å². The van der Waals surface area contributed by atoms with Crippen LogP contribution in [0.4, 0.5) is 5.69 Å². The Hall–Kier alpha value is -3.55. The SMILES string of the molecule is CC1Cc2ccccc2N1C(=O)COC(=O)c1cncc(-n2ccnn2)c1. The lowest BCUT2D eigenvalue weighted by atomic mass is 10.1. The Morgan fingerprint density at radius 1 is 1.26 bits per heavy atom. The van der Waals surface area contributed by atoms with Gasteiger partial charge in [0, 0.05) is 17.9 Å². The van der Waals surface area contributed by atoms with Gasteiger partial charge >= 0.3 is 5.97 Å². The third-order valence-corrected chi connectivity index (χ3v) is 4.45. The summed E-state index contributed by atoms with van der Waals surface area (Å²) in [4.78, 5) is 30.7. The molecular weight excluding hydrogens is 346 g/mol. The summed E-state index contributed by atoms with van der Waals surface area (Å²) in [5.74, 6) is -0.862. The second kappa shape index (κ2) is 6.99. The maximum atomic E-state index is 12.6. The fraction of sp³-hybridized carbons (Fsp3) is 0.211. The highest BCUT2D eigenvalue weighted by Crippen LogP contribution is 2.31.